The number of anilines is 1. The summed E-state index contributed by atoms with van der Waals surface area (Å²) in [7, 11) is 0. The van der Waals surface area contributed by atoms with E-state index in [1.54, 1.807) is 24.5 Å². The van der Waals surface area contributed by atoms with Crippen molar-refractivity contribution in [1.82, 2.24) is 25.8 Å². The minimum Gasteiger partial charge on any atom is -0.493 e. The summed E-state index contributed by atoms with van der Waals surface area (Å²) in [5.74, 6) is 0.926. The number of ether oxygens (including phenoxy) is 1. The van der Waals surface area contributed by atoms with E-state index in [-0.39, 0.29) is 17.8 Å². The minimum absolute atomic E-state index is 0.243. The maximum Gasteiger partial charge on any atom is 0.251 e. The molecular formula is C28H27FN6O3. The quantitative estimate of drug-likeness (QED) is 0.351. The summed E-state index contributed by atoms with van der Waals surface area (Å²) >= 11 is 0. The summed E-state index contributed by atoms with van der Waals surface area (Å²) in [5, 5.41) is 18.7. The molecule has 194 valence electrons. The third kappa shape index (κ3) is 4.82. The van der Waals surface area contributed by atoms with Crippen molar-refractivity contribution in [2.75, 3.05) is 25.0 Å². The Morgan fingerprint density at radius 2 is 1.89 bits per heavy atom. The van der Waals surface area contributed by atoms with Crippen molar-refractivity contribution in [3.8, 4) is 17.2 Å². The molecule has 2 aromatic carbocycles. The second kappa shape index (κ2) is 10.2. The van der Waals surface area contributed by atoms with Gasteiger partial charge in [-0.2, -0.15) is 0 Å². The van der Waals surface area contributed by atoms with Crippen molar-refractivity contribution < 1.29 is 18.3 Å². The molecule has 9 nitrogen and oxygen atoms in total. The van der Waals surface area contributed by atoms with Gasteiger partial charge in [0, 0.05) is 41.2 Å². The van der Waals surface area contributed by atoms with Crippen LogP contribution >= 0.6 is 0 Å². The number of hydrogen-bond acceptors (Lipinski definition) is 8. The van der Waals surface area contributed by atoms with Crippen LogP contribution in [0.3, 0.4) is 0 Å². The van der Waals surface area contributed by atoms with Crippen LogP contribution in [-0.4, -0.2) is 40.8 Å². The lowest BCUT2D eigenvalue weighted by atomic mass is 9.87. The monoisotopic (exact) mass is 514 g/mol. The first-order valence-electron chi connectivity index (χ1n) is 12.7. The molecule has 1 amide bonds. The van der Waals surface area contributed by atoms with Crippen molar-refractivity contribution in [2.24, 2.45) is 0 Å². The smallest absolute Gasteiger partial charge is 0.251 e. The third-order valence-corrected chi connectivity index (χ3v) is 7.04. The lowest BCUT2D eigenvalue weighted by Crippen LogP contribution is -2.45. The Labute approximate surface area is 218 Å². The standard InChI is InChI=1S/C28H27FN6O3/c29-20-4-5-24-22(17-20)23(8-15-37-24)32-25(36)19-2-1-3-21(16-19)33-28(9-13-31-14-10-28)27-35-34-26(38-27)18-6-11-30-12-7-18/h1-7,11-12,16-17,23,31,33H,8-10,13-15H2,(H,32,36)/t23-/m0/s1. The third-order valence-electron chi connectivity index (χ3n) is 7.04. The van der Waals surface area contributed by atoms with E-state index in [1.165, 1.54) is 12.1 Å². The Morgan fingerprint density at radius 3 is 2.74 bits per heavy atom. The molecule has 1 fully saturated rings. The van der Waals surface area contributed by atoms with Gasteiger partial charge in [0.25, 0.3) is 5.91 Å². The number of nitrogens with one attached hydrogen (secondary N) is 3. The Bertz CT molecular complexity index is 1440. The molecule has 0 spiro atoms. The van der Waals surface area contributed by atoms with Gasteiger partial charge in [-0.25, -0.2) is 4.39 Å². The topological polar surface area (TPSA) is 114 Å². The number of piperidine rings is 1. The molecule has 0 aliphatic carbocycles. The van der Waals surface area contributed by atoms with E-state index in [0.29, 0.717) is 41.7 Å². The van der Waals surface area contributed by atoms with Crippen molar-refractivity contribution in [1.29, 1.82) is 0 Å². The van der Waals surface area contributed by atoms with Gasteiger partial charge in [-0.3, -0.25) is 9.78 Å². The number of amides is 1. The lowest BCUT2D eigenvalue weighted by molar-refractivity contribution is 0.0924. The van der Waals surface area contributed by atoms with Gasteiger partial charge in [0.05, 0.1) is 12.6 Å². The first kappa shape index (κ1) is 24.1. The zero-order valence-corrected chi connectivity index (χ0v) is 20.6. The van der Waals surface area contributed by atoms with Gasteiger partial charge in [-0.1, -0.05) is 6.07 Å². The molecular weight excluding hydrogens is 487 g/mol. The van der Waals surface area contributed by atoms with E-state index in [4.69, 9.17) is 9.15 Å². The maximum atomic E-state index is 13.9. The molecule has 4 heterocycles. The number of halogens is 1. The van der Waals surface area contributed by atoms with Crippen molar-refractivity contribution in [3.05, 3.63) is 89.8 Å². The number of carbonyl (C=O) groups excluding carboxylic acids is 1. The fourth-order valence-electron chi connectivity index (χ4n) is 5.04. The fourth-order valence-corrected chi connectivity index (χ4v) is 5.04. The number of carbonyl (C=O) groups is 1. The Balaban J connectivity index is 1.23. The molecule has 0 saturated carbocycles. The molecule has 2 aromatic heterocycles. The van der Waals surface area contributed by atoms with E-state index in [9.17, 15) is 9.18 Å². The summed E-state index contributed by atoms with van der Waals surface area (Å²) in [6.45, 7) is 2.01. The van der Waals surface area contributed by atoms with Gasteiger partial charge < -0.3 is 25.1 Å². The Morgan fingerprint density at radius 1 is 1.05 bits per heavy atom. The van der Waals surface area contributed by atoms with Crippen LogP contribution in [0.4, 0.5) is 10.1 Å². The number of aromatic nitrogens is 3. The lowest BCUT2D eigenvalue weighted by Gasteiger charge is -2.36. The van der Waals surface area contributed by atoms with Gasteiger partial charge in [0.15, 0.2) is 0 Å². The number of pyridine rings is 1. The van der Waals surface area contributed by atoms with Gasteiger partial charge in [-0.15, -0.1) is 10.2 Å². The van der Waals surface area contributed by atoms with Crippen LogP contribution < -0.4 is 20.7 Å². The van der Waals surface area contributed by atoms with Crippen LogP contribution in [0.25, 0.3) is 11.5 Å². The molecule has 10 heteroatoms. The average Bonchev–Trinajstić information content (AvgIpc) is 3.46. The highest BCUT2D eigenvalue weighted by Crippen LogP contribution is 2.36. The molecule has 1 saturated heterocycles. The van der Waals surface area contributed by atoms with Crippen LogP contribution in [0, 0.1) is 5.82 Å². The van der Waals surface area contributed by atoms with Gasteiger partial charge in [-0.05, 0) is 74.5 Å². The summed E-state index contributed by atoms with van der Waals surface area (Å²) in [6.07, 6.45) is 5.39. The van der Waals surface area contributed by atoms with E-state index < -0.39 is 5.54 Å². The van der Waals surface area contributed by atoms with Crippen LogP contribution in [0.5, 0.6) is 5.75 Å². The molecule has 2 aliphatic heterocycles. The van der Waals surface area contributed by atoms with E-state index in [0.717, 1.165) is 37.2 Å². The van der Waals surface area contributed by atoms with Gasteiger partial charge in [0.2, 0.25) is 11.8 Å². The predicted octanol–water partition coefficient (Wildman–Crippen LogP) is 4.22. The molecule has 0 bridgehead atoms. The summed E-state index contributed by atoms with van der Waals surface area (Å²) in [4.78, 5) is 17.3. The van der Waals surface area contributed by atoms with Gasteiger partial charge >= 0.3 is 0 Å². The Kier molecular flexibility index (Phi) is 6.47. The SMILES string of the molecule is O=C(N[C@H]1CCOc2ccc(F)cc21)c1cccc(NC2(c3nnc(-c4ccncc4)o3)CCNCC2)c1. The van der Waals surface area contributed by atoms with Crippen LogP contribution in [0.2, 0.25) is 0 Å². The molecule has 2 aliphatic rings. The number of fused-ring (bicyclic) bond motifs is 1. The zero-order chi connectivity index (χ0) is 26.0. The predicted molar refractivity (Wildman–Crippen MR) is 138 cm³/mol. The van der Waals surface area contributed by atoms with Crippen molar-refractivity contribution >= 4 is 11.6 Å². The summed E-state index contributed by atoms with van der Waals surface area (Å²) in [6, 6.07) is 15.0. The number of rotatable bonds is 6. The first-order chi connectivity index (χ1) is 18.6. The van der Waals surface area contributed by atoms with Crippen LogP contribution in [-0.2, 0) is 5.54 Å². The maximum absolute atomic E-state index is 13.9. The zero-order valence-electron chi connectivity index (χ0n) is 20.6. The Hall–Kier alpha value is -4.31. The highest BCUT2D eigenvalue weighted by molar-refractivity contribution is 5.95. The van der Waals surface area contributed by atoms with Crippen molar-refractivity contribution in [3.63, 3.8) is 0 Å². The first-order valence-corrected chi connectivity index (χ1v) is 12.7. The molecule has 3 N–H and O–H groups in total. The molecule has 6 rings (SSSR count). The summed E-state index contributed by atoms with van der Waals surface area (Å²) < 4.78 is 25.6. The minimum atomic E-state index is -0.587. The summed E-state index contributed by atoms with van der Waals surface area (Å²) in [5.41, 5.74) is 2.12. The van der Waals surface area contributed by atoms with E-state index in [1.807, 2.05) is 30.3 Å². The highest BCUT2D eigenvalue weighted by atomic mass is 19.1. The normalized spacial score (nSPS) is 18.2. The largest absolute Gasteiger partial charge is 0.493 e. The molecule has 4 aromatic rings. The average molecular weight is 515 g/mol. The molecule has 0 radical (unpaired) electrons. The number of nitrogens with zero attached hydrogens (tertiary/aromatic N) is 3. The van der Waals surface area contributed by atoms with Crippen molar-refractivity contribution in [2.45, 2.75) is 30.8 Å². The highest BCUT2D eigenvalue weighted by Gasteiger charge is 2.39. The van der Waals surface area contributed by atoms with E-state index >= 15 is 0 Å². The molecule has 38 heavy (non-hydrogen) atoms. The fraction of sp³-hybridized carbons (Fsp3) is 0.286. The van der Waals surface area contributed by atoms with E-state index in [2.05, 4.69) is 31.1 Å². The van der Waals surface area contributed by atoms with Crippen LogP contribution in [0.15, 0.2) is 71.4 Å². The molecule has 0 unspecified atom stereocenters. The second-order valence-electron chi connectivity index (χ2n) is 9.53. The number of hydrogen-bond donors (Lipinski definition) is 3. The molecule has 1 atom stereocenters. The second-order valence-corrected chi connectivity index (χ2v) is 9.53. The number of benzene rings is 2. The van der Waals surface area contributed by atoms with Gasteiger partial charge in [0.1, 0.15) is 17.1 Å². The van der Waals surface area contributed by atoms with Crippen LogP contribution in [0.1, 0.15) is 47.1 Å².